The molecule has 0 saturated heterocycles. The summed E-state index contributed by atoms with van der Waals surface area (Å²) >= 11 is 0. The molecule has 1 aromatic carbocycles. The molecule has 0 heterocycles. The van der Waals surface area contributed by atoms with Crippen LogP contribution >= 0.6 is 0 Å². The molecule has 0 fully saturated rings. The Morgan fingerprint density at radius 3 is 2.14 bits per heavy atom. The maximum absolute atomic E-state index is 3.88. The Balaban J connectivity index is 0.000000500. The van der Waals surface area contributed by atoms with E-state index in [0.29, 0.717) is 0 Å². The van der Waals surface area contributed by atoms with Gasteiger partial charge in [0.1, 0.15) is 0 Å². The Morgan fingerprint density at radius 1 is 1.29 bits per heavy atom. The highest BCUT2D eigenvalue weighted by Crippen LogP contribution is 2.23. The van der Waals surface area contributed by atoms with Crippen molar-refractivity contribution < 1.29 is 0 Å². The molecule has 0 radical (unpaired) electrons. The Bertz CT molecular complexity index is 300. The SMILES string of the molecule is C=Nc1ccccc1C(=C)C.CCC. The number of hydrogen-bond acceptors (Lipinski definition) is 1. The largest absolute Gasteiger partial charge is 0.264 e. The van der Waals surface area contributed by atoms with E-state index < -0.39 is 0 Å². The van der Waals surface area contributed by atoms with E-state index in [-0.39, 0.29) is 0 Å². The minimum absolute atomic E-state index is 0.903. The number of benzene rings is 1. The van der Waals surface area contributed by atoms with E-state index in [4.69, 9.17) is 0 Å². The summed E-state index contributed by atoms with van der Waals surface area (Å²) in [5, 5.41) is 0. The number of nitrogens with zero attached hydrogens (tertiary/aromatic N) is 1. The molecule has 0 saturated carbocycles. The number of rotatable bonds is 2. The second-order valence-electron chi connectivity index (χ2n) is 3.16. The molecule has 1 nitrogen and oxygen atoms in total. The molecule has 0 atom stereocenters. The van der Waals surface area contributed by atoms with Gasteiger partial charge in [-0.1, -0.05) is 45.0 Å². The van der Waals surface area contributed by atoms with Crippen molar-refractivity contribution >= 4 is 18.0 Å². The maximum atomic E-state index is 3.88. The van der Waals surface area contributed by atoms with Gasteiger partial charge in [0.05, 0.1) is 5.69 Å². The Labute approximate surface area is 87.2 Å². The summed E-state index contributed by atoms with van der Waals surface area (Å²) in [4.78, 5) is 3.88. The first-order valence-corrected chi connectivity index (χ1v) is 4.88. The molecule has 0 amide bonds. The first-order chi connectivity index (χ1) is 6.67. The summed E-state index contributed by atoms with van der Waals surface area (Å²) in [6, 6.07) is 7.83. The number of allylic oxidation sites excluding steroid dienone is 1. The normalized spacial score (nSPS) is 8.50. The first kappa shape index (κ1) is 12.6. The van der Waals surface area contributed by atoms with Crippen LogP contribution in [0, 0.1) is 0 Å². The van der Waals surface area contributed by atoms with E-state index in [2.05, 4.69) is 32.1 Å². The van der Waals surface area contributed by atoms with E-state index in [9.17, 15) is 0 Å². The van der Waals surface area contributed by atoms with Gasteiger partial charge in [-0.05, 0) is 25.3 Å². The van der Waals surface area contributed by atoms with Crippen molar-refractivity contribution in [2.45, 2.75) is 27.2 Å². The quantitative estimate of drug-likeness (QED) is 0.609. The zero-order valence-electron chi connectivity index (χ0n) is 9.38. The molecule has 0 aliphatic rings. The molecule has 0 spiro atoms. The number of para-hydroxylation sites is 1. The Kier molecular flexibility index (Phi) is 6.38. The van der Waals surface area contributed by atoms with Crippen molar-refractivity contribution in [3.05, 3.63) is 36.4 Å². The molecule has 0 aliphatic heterocycles. The van der Waals surface area contributed by atoms with Crippen LogP contribution in [0.1, 0.15) is 32.8 Å². The molecular formula is C13H19N. The van der Waals surface area contributed by atoms with Gasteiger partial charge < -0.3 is 0 Å². The van der Waals surface area contributed by atoms with Gasteiger partial charge in [0, 0.05) is 5.56 Å². The molecule has 0 N–H and O–H groups in total. The van der Waals surface area contributed by atoms with E-state index >= 15 is 0 Å². The third-order valence-corrected chi connectivity index (χ3v) is 1.53. The molecule has 14 heavy (non-hydrogen) atoms. The zero-order chi connectivity index (χ0) is 11.0. The molecular weight excluding hydrogens is 170 g/mol. The van der Waals surface area contributed by atoms with Crippen molar-refractivity contribution in [3.8, 4) is 0 Å². The molecule has 76 valence electrons. The molecule has 0 aromatic heterocycles. The summed E-state index contributed by atoms with van der Waals surface area (Å²) in [5.74, 6) is 0. The van der Waals surface area contributed by atoms with E-state index in [0.717, 1.165) is 16.8 Å². The second kappa shape index (κ2) is 7.07. The summed E-state index contributed by atoms with van der Waals surface area (Å²) in [7, 11) is 0. The fraction of sp³-hybridized carbons (Fsp3) is 0.308. The zero-order valence-corrected chi connectivity index (χ0v) is 9.38. The monoisotopic (exact) mass is 189 g/mol. The fourth-order valence-corrected chi connectivity index (χ4v) is 0.972. The second-order valence-corrected chi connectivity index (χ2v) is 3.16. The van der Waals surface area contributed by atoms with Gasteiger partial charge in [-0.2, -0.15) is 0 Å². The molecule has 0 aliphatic carbocycles. The molecule has 1 heteroatoms. The Morgan fingerprint density at radius 2 is 1.79 bits per heavy atom. The van der Waals surface area contributed by atoms with Crippen LogP contribution in [0.2, 0.25) is 0 Å². The highest BCUT2D eigenvalue weighted by Gasteiger charge is 1.97. The van der Waals surface area contributed by atoms with Crippen LogP contribution in [-0.4, -0.2) is 6.72 Å². The summed E-state index contributed by atoms with van der Waals surface area (Å²) in [5.41, 5.74) is 3.00. The number of aliphatic imine (C=N–C) groups is 1. The average molecular weight is 189 g/mol. The minimum Gasteiger partial charge on any atom is -0.264 e. The van der Waals surface area contributed by atoms with Gasteiger partial charge in [0.2, 0.25) is 0 Å². The van der Waals surface area contributed by atoms with E-state index in [1.54, 1.807) is 0 Å². The minimum atomic E-state index is 0.903. The molecule has 0 unspecified atom stereocenters. The van der Waals surface area contributed by atoms with Crippen LogP contribution in [0.4, 0.5) is 5.69 Å². The third kappa shape index (κ3) is 4.04. The van der Waals surface area contributed by atoms with Crippen LogP contribution in [0.15, 0.2) is 35.8 Å². The summed E-state index contributed by atoms with van der Waals surface area (Å²) < 4.78 is 0. The first-order valence-electron chi connectivity index (χ1n) is 4.88. The van der Waals surface area contributed by atoms with Gasteiger partial charge in [-0.3, -0.25) is 4.99 Å². The van der Waals surface area contributed by atoms with Crippen LogP contribution in [0.25, 0.3) is 5.57 Å². The standard InChI is InChI=1S/C10H11N.C3H8/c1-8(2)9-6-4-5-7-10(9)11-3;1-3-2/h4-7H,1,3H2,2H3;3H2,1-2H3. The van der Waals surface area contributed by atoms with Crippen molar-refractivity contribution in [1.29, 1.82) is 0 Å². The van der Waals surface area contributed by atoms with Crippen molar-refractivity contribution in [2.75, 3.05) is 0 Å². The van der Waals surface area contributed by atoms with Crippen molar-refractivity contribution in [3.63, 3.8) is 0 Å². The summed E-state index contributed by atoms with van der Waals surface area (Å²) in [6.07, 6.45) is 1.25. The lowest BCUT2D eigenvalue weighted by molar-refractivity contribution is 1.09. The fourth-order valence-electron chi connectivity index (χ4n) is 0.972. The predicted octanol–water partition coefficient (Wildman–Crippen LogP) is 4.47. The number of hydrogen-bond donors (Lipinski definition) is 0. The van der Waals surface area contributed by atoms with Gasteiger partial charge in [0.25, 0.3) is 0 Å². The lowest BCUT2D eigenvalue weighted by Gasteiger charge is -2.02. The van der Waals surface area contributed by atoms with Crippen molar-refractivity contribution in [2.24, 2.45) is 4.99 Å². The smallest absolute Gasteiger partial charge is 0.0697 e. The molecule has 1 rings (SSSR count). The highest BCUT2D eigenvalue weighted by molar-refractivity contribution is 5.72. The molecule has 1 aromatic rings. The van der Waals surface area contributed by atoms with Gasteiger partial charge in [-0.25, -0.2) is 0 Å². The topological polar surface area (TPSA) is 12.4 Å². The third-order valence-electron chi connectivity index (χ3n) is 1.53. The average Bonchev–Trinajstić information content (AvgIpc) is 2.19. The lowest BCUT2D eigenvalue weighted by atomic mass is 10.1. The highest BCUT2D eigenvalue weighted by atomic mass is 14.7. The van der Waals surface area contributed by atoms with E-state index in [1.165, 1.54) is 6.42 Å². The molecule has 0 bridgehead atoms. The maximum Gasteiger partial charge on any atom is 0.0697 e. The lowest BCUT2D eigenvalue weighted by Crippen LogP contribution is -1.77. The van der Waals surface area contributed by atoms with Gasteiger partial charge in [0.15, 0.2) is 0 Å². The summed E-state index contributed by atoms with van der Waals surface area (Å²) in [6.45, 7) is 13.5. The van der Waals surface area contributed by atoms with Crippen LogP contribution < -0.4 is 0 Å². The predicted molar refractivity (Wildman–Crippen MR) is 66.3 cm³/mol. The van der Waals surface area contributed by atoms with Crippen LogP contribution in [0.3, 0.4) is 0 Å². The van der Waals surface area contributed by atoms with Gasteiger partial charge >= 0.3 is 0 Å². The van der Waals surface area contributed by atoms with Crippen molar-refractivity contribution in [1.82, 2.24) is 0 Å². The van der Waals surface area contributed by atoms with Crippen LogP contribution in [-0.2, 0) is 0 Å². The van der Waals surface area contributed by atoms with Gasteiger partial charge in [-0.15, -0.1) is 0 Å². The van der Waals surface area contributed by atoms with E-state index in [1.807, 2.05) is 31.2 Å². The van der Waals surface area contributed by atoms with Crippen LogP contribution in [0.5, 0.6) is 0 Å². The Hall–Kier alpha value is -1.37.